The maximum atomic E-state index is 11.0. The van der Waals surface area contributed by atoms with Crippen LogP contribution in [-0.2, 0) is 9.84 Å². The predicted octanol–water partition coefficient (Wildman–Crippen LogP) is 1.12. The van der Waals surface area contributed by atoms with Crippen molar-refractivity contribution in [2.75, 3.05) is 36.2 Å². The van der Waals surface area contributed by atoms with Crippen molar-refractivity contribution in [3.8, 4) is 5.75 Å². The number of nitrogens with one attached hydrogen (secondary N) is 1. The monoisotopic (exact) mass is 258 g/mol. The summed E-state index contributed by atoms with van der Waals surface area (Å²) in [7, 11) is -2.94. The van der Waals surface area contributed by atoms with Gasteiger partial charge in [-0.2, -0.15) is 0 Å². The zero-order valence-corrected chi connectivity index (χ0v) is 10.9. The topological polar surface area (TPSA) is 81.4 Å². The molecule has 0 saturated heterocycles. The lowest BCUT2D eigenvalue weighted by atomic mass is 10.2. The van der Waals surface area contributed by atoms with E-state index < -0.39 is 9.84 Å². The molecule has 0 aliphatic heterocycles. The lowest BCUT2D eigenvalue weighted by Gasteiger charge is -2.10. The third-order valence-electron chi connectivity index (χ3n) is 2.12. The number of nitrogen functional groups attached to an aromatic ring is 1. The van der Waals surface area contributed by atoms with Crippen LogP contribution in [0.2, 0.25) is 0 Å². The molecule has 1 rings (SSSR count). The van der Waals surface area contributed by atoms with E-state index >= 15 is 0 Å². The van der Waals surface area contributed by atoms with E-state index in [-0.39, 0.29) is 5.75 Å². The molecule has 5 nitrogen and oxygen atoms in total. The quantitative estimate of drug-likeness (QED) is 0.747. The number of hydrogen-bond acceptors (Lipinski definition) is 5. The van der Waals surface area contributed by atoms with Crippen molar-refractivity contribution in [1.82, 2.24) is 0 Å². The third kappa shape index (κ3) is 4.95. The van der Waals surface area contributed by atoms with Gasteiger partial charge in [0.15, 0.2) is 0 Å². The van der Waals surface area contributed by atoms with Gasteiger partial charge in [0.05, 0.1) is 18.0 Å². The van der Waals surface area contributed by atoms with E-state index in [1.54, 1.807) is 18.2 Å². The molecular formula is C11H18N2O3S. The summed E-state index contributed by atoms with van der Waals surface area (Å²) in [5.41, 5.74) is 7.09. The normalized spacial score (nSPS) is 11.2. The molecule has 0 spiro atoms. The van der Waals surface area contributed by atoms with Crippen LogP contribution in [0.3, 0.4) is 0 Å². The Hall–Kier alpha value is -1.43. The van der Waals surface area contributed by atoms with Gasteiger partial charge in [0.1, 0.15) is 15.6 Å². The zero-order valence-electron chi connectivity index (χ0n) is 10.1. The average Bonchev–Trinajstić information content (AvgIpc) is 2.21. The Labute approximate surface area is 102 Å². The van der Waals surface area contributed by atoms with Crippen LogP contribution in [0.4, 0.5) is 11.4 Å². The van der Waals surface area contributed by atoms with Crippen LogP contribution in [0.25, 0.3) is 0 Å². The van der Waals surface area contributed by atoms with E-state index in [4.69, 9.17) is 10.5 Å². The molecule has 1 aromatic rings. The molecule has 0 amide bonds. The second-order valence-electron chi connectivity index (χ2n) is 3.74. The second kappa shape index (κ2) is 5.77. The van der Waals surface area contributed by atoms with Crippen molar-refractivity contribution >= 4 is 21.2 Å². The number of rotatable bonds is 6. The molecule has 1 aromatic carbocycles. The summed E-state index contributed by atoms with van der Waals surface area (Å²) in [6.07, 6.45) is 1.21. The molecule has 0 heterocycles. The van der Waals surface area contributed by atoms with Gasteiger partial charge in [-0.25, -0.2) is 8.42 Å². The molecule has 0 radical (unpaired) electrons. The second-order valence-corrected chi connectivity index (χ2v) is 6.00. The molecule has 0 unspecified atom stereocenters. The van der Waals surface area contributed by atoms with Crippen LogP contribution in [0.5, 0.6) is 5.75 Å². The minimum atomic E-state index is -2.94. The molecular weight excluding hydrogens is 240 g/mol. The van der Waals surface area contributed by atoms with Gasteiger partial charge in [-0.3, -0.25) is 0 Å². The Morgan fingerprint density at radius 2 is 2.12 bits per heavy atom. The van der Waals surface area contributed by atoms with Crippen LogP contribution in [0.15, 0.2) is 18.2 Å². The number of hydrogen-bond donors (Lipinski definition) is 2. The van der Waals surface area contributed by atoms with E-state index in [0.29, 0.717) is 24.6 Å². The molecule has 0 fully saturated rings. The number of anilines is 2. The number of benzene rings is 1. The van der Waals surface area contributed by atoms with E-state index in [2.05, 4.69) is 5.32 Å². The van der Waals surface area contributed by atoms with Gasteiger partial charge in [0.2, 0.25) is 0 Å². The lowest BCUT2D eigenvalue weighted by molar-refractivity contribution is 0.342. The summed E-state index contributed by atoms with van der Waals surface area (Å²) < 4.78 is 27.3. The molecule has 6 heteroatoms. The number of sulfone groups is 1. The van der Waals surface area contributed by atoms with Gasteiger partial charge in [-0.1, -0.05) is 0 Å². The molecule has 17 heavy (non-hydrogen) atoms. The van der Waals surface area contributed by atoms with E-state index in [1.807, 2.05) is 6.92 Å². The molecule has 3 N–H and O–H groups in total. The molecule has 0 aromatic heterocycles. The largest absolute Gasteiger partial charge is 0.492 e. The van der Waals surface area contributed by atoms with Crippen LogP contribution in [0.1, 0.15) is 6.92 Å². The molecule has 0 aliphatic rings. The van der Waals surface area contributed by atoms with E-state index in [1.165, 1.54) is 6.26 Å². The van der Waals surface area contributed by atoms with Gasteiger partial charge in [-0.15, -0.1) is 0 Å². The zero-order chi connectivity index (χ0) is 12.9. The Bertz CT molecular complexity index is 472. The Balaban J connectivity index is 2.63. The third-order valence-corrected chi connectivity index (χ3v) is 3.06. The Kier molecular flexibility index (Phi) is 4.62. The highest BCUT2D eigenvalue weighted by Crippen LogP contribution is 2.25. The van der Waals surface area contributed by atoms with E-state index in [0.717, 1.165) is 5.69 Å². The summed E-state index contributed by atoms with van der Waals surface area (Å²) in [6.45, 7) is 2.79. The van der Waals surface area contributed by atoms with Gasteiger partial charge in [0, 0.05) is 24.6 Å². The van der Waals surface area contributed by atoms with Crippen molar-refractivity contribution in [3.63, 3.8) is 0 Å². The highest BCUT2D eigenvalue weighted by atomic mass is 32.2. The van der Waals surface area contributed by atoms with Gasteiger partial charge < -0.3 is 15.8 Å². The van der Waals surface area contributed by atoms with Gasteiger partial charge >= 0.3 is 0 Å². The summed E-state index contributed by atoms with van der Waals surface area (Å²) in [5, 5.41) is 3.01. The highest BCUT2D eigenvalue weighted by Gasteiger charge is 2.04. The van der Waals surface area contributed by atoms with Crippen molar-refractivity contribution in [2.45, 2.75) is 6.92 Å². The maximum absolute atomic E-state index is 11.0. The molecule has 0 bridgehead atoms. The number of nitrogens with two attached hydrogens (primary N) is 1. The van der Waals surface area contributed by atoms with Crippen LogP contribution in [0, 0.1) is 0 Å². The average molecular weight is 258 g/mol. The van der Waals surface area contributed by atoms with E-state index in [9.17, 15) is 8.42 Å². The van der Waals surface area contributed by atoms with Crippen molar-refractivity contribution in [1.29, 1.82) is 0 Å². The smallest absolute Gasteiger partial charge is 0.149 e. The summed E-state index contributed by atoms with van der Waals surface area (Å²) in [6, 6.07) is 5.29. The fourth-order valence-corrected chi connectivity index (χ4v) is 1.78. The minimum absolute atomic E-state index is 0.0986. The lowest BCUT2D eigenvalue weighted by Crippen LogP contribution is -2.14. The first-order valence-electron chi connectivity index (χ1n) is 5.36. The van der Waals surface area contributed by atoms with Crippen LogP contribution >= 0.6 is 0 Å². The van der Waals surface area contributed by atoms with Crippen molar-refractivity contribution in [3.05, 3.63) is 18.2 Å². The first kappa shape index (κ1) is 13.6. The summed E-state index contributed by atoms with van der Waals surface area (Å²) >= 11 is 0. The van der Waals surface area contributed by atoms with Crippen LogP contribution < -0.4 is 15.8 Å². The molecule has 0 saturated carbocycles. The van der Waals surface area contributed by atoms with Gasteiger partial charge in [-0.05, 0) is 19.1 Å². The SMILES string of the molecule is CCOc1cc(NCCS(C)(=O)=O)ccc1N. The highest BCUT2D eigenvalue weighted by molar-refractivity contribution is 7.90. The van der Waals surface area contributed by atoms with Crippen molar-refractivity contribution < 1.29 is 13.2 Å². The first-order chi connectivity index (χ1) is 7.92. The fourth-order valence-electron chi connectivity index (χ4n) is 1.31. The predicted molar refractivity (Wildman–Crippen MR) is 70.2 cm³/mol. The maximum Gasteiger partial charge on any atom is 0.149 e. The Morgan fingerprint density at radius 1 is 1.41 bits per heavy atom. The Morgan fingerprint density at radius 3 is 2.71 bits per heavy atom. The molecule has 0 aliphatic carbocycles. The standard InChI is InChI=1S/C11H18N2O3S/c1-3-16-11-8-9(4-5-10(11)12)13-6-7-17(2,14)15/h4-5,8,13H,3,6-7,12H2,1-2H3. The summed E-state index contributed by atoms with van der Waals surface area (Å²) in [4.78, 5) is 0. The van der Waals surface area contributed by atoms with Gasteiger partial charge in [0.25, 0.3) is 0 Å². The fraction of sp³-hybridized carbons (Fsp3) is 0.455. The summed E-state index contributed by atoms with van der Waals surface area (Å²) in [5.74, 6) is 0.707. The van der Waals surface area contributed by atoms with Crippen LogP contribution in [-0.4, -0.2) is 33.6 Å². The number of ether oxygens (including phenoxy) is 1. The molecule has 96 valence electrons. The molecule has 0 atom stereocenters. The van der Waals surface area contributed by atoms with Crippen molar-refractivity contribution in [2.24, 2.45) is 0 Å². The minimum Gasteiger partial charge on any atom is -0.492 e. The first-order valence-corrected chi connectivity index (χ1v) is 7.42.